The molecule has 4 rings (SSSR count). The maximum Gasteiger partial charge on any atom is 0.243 e. The van der Waals surface area contributed by atoms with Crippen LogP contribution in [0.4, 0.5) is 0 Å². The van der Waals surface area contributed by atoms with Gasteiger partial charge in [0.2, 0.25) is 17.7 Å². The zero-order valence-corrected chi connectivity index (χ0v) is 23.1. The van der Waals surface area contributed by atoms with E-state index in [1.165, 1.54) is 26.3 Å². The van der Waals surface area contributed by atoms with Gasteiger partial charge in [-0.1, -0.05) is 68.5 Å². The number of rotatable bonds is 9. The Morgan fingerprint density at radius 2 is 1.72 bits per heavy atom. The monoisotopic (exact) mass is 534 g/mol. The third kappa shape index (κ3) is 7.18. The van der Waals surface area contributed by atoms with Crippen LogP contribution in [0.15, 0.2) is 48.5 Å². The van der Waals surface area contributed by atoms with E-state index in [0.717, 1.165) is 29.5 Å². The van der Waals surface area contributed by atoms with Crippen molar-refractivity contribution in [2.24, 2.45) is 17.6 Å². The molecule has 8 nitrogen and oxygen atoms in total. The van der Waals surface area contributed by atoms with Crippen molar-refractivity contribution >= 4 is 17.7 Å². The SMILES string of the molecule is CNC(=O)[C@H](Cc1ccc(O)cc1)NC(=O)[C@@H]1CC(C2CCCCC2)CN1C(=O)CC(N)c1ccccc1C. The second-order valence-electron chi connectivity index (χ2n) is 11.2. The fraction of sp³-hybridized carbons (Fsp3) is 0.516. The molecule has 1 saturated carbocycles. The van der Waals surface area contributed by atoms with Crippen molar-refractivity contribution in [2.45, 2.75) is 76.4 Å². The maximum absolute atomic E-state index is 13.7. The topological polar surface area (TPSA) is 125 Å². The molecule has 2 unspecified atom stereocenters. The molecule has 1 heterocycles. The number of nitrogens with one attached hydrogen (secondary N) is 2. The Morgan fingerprint density at radius 1 is 1.03 bits per heavy atom. The van der Waals surface area contributed by atoms with E-state index in [9.17, 15) is 19.5 Å². The first-order valence-corrected chi connectivity index (χ1v) is 14.2. The average molecular weight is 535 g/mol. The Labute approximate surface area is 231 Å². The standard InChI is InChI=1S/C31H42N4O4/c1-20-8-6-7-11-25(20)26(32)18-29(37)35-19-23(22-9-4-3-5-10-22)17-28(35)31(39)34-27(30(38)33-2)16-21-12-14-24(36)15-13-21/h6-8,11-15,22-23,26-28,36H,3-5,9-10,16-19,32H2,1-2H3,(H,33,38)(H,34,39)/t23?,26?,27-,28-/m0/s1. The molecule has 0 aromatic heterocycles. The average Bonchev–Trinajstić information content (AvgIpc) is 3.40. The lowest BCUT2D eigenvalue weighted by molar-refractivity contribution is -0.139. The van der Waals surface area contributed by atoms with Crippen molar-refractivity contribution in [3.8, 4) is 5.75 Å². The highest BCUT2D eigenvalue weighted by Crippen LogP contribution is 2.38. The Kier molecular flexibility index (Phi) is 9.62. The van der Waals surface area contributed by atoms with E-state index < -0.39 is 18.1 Å². The summed E-state index contributed by atoms with van der Waals surface area (Å²) >= 11 is 0. The van der Waals surface area contributed by atoms with E-state index in [1.54, 1.807) is 29.2 Å². The van der Waals surface area contributed by atoms with Crippen LogP contribution in [0, 0.1) is 18.8 Å². The number of carbonyl (C=O) groups excluding carboxylic acids is 3. The number of phenolic OH excluding ortho intramolecular Hbond substituents is 1. The van der Waals surface area contributed by atoms with Crippen LogP contribution in [0.3, 0.4) is 0 Å². The van der Waals surface area contributed by atoms with Gasteiger partial charge in [0, 0.05) is 32.5 Å². The number of likely N-dealkylation sites (tertiary alicyclic amines) is 1. The maximum atomic E-state index is 13.7. The van der Waals surface area contributed by atoms with E-state index in [2.05, 4.69) is 10.6 Å². The predicted molar refractivity (Wildman–Crippen MR) is 151 cm³/mol. The molecule has 2 aromatic rings. The van der Waals surface area contributed by atoms with Gasteiger partial charge in [-0.25, -0.2) is 0 Å². The summed E-state index contributed by atoms with van der Waals surface area (Å²) in [7, 11) is 1.54. The van der Waals surface area contributed by atoms with Crippen LogP contribution in [0.5, 0.6) is 5.75 Å². The van der Waals surface area contributed by atoms with Crippen molar-refractivity contribution < 1.29 is 19.5 Å². The summed E-state index contributed by atoms with van der Waals surface area (Å²) in [4.78, 5) is 41.8. The summed E-state index contributed by atoms with van der Waals surface area (Å²) in [5.41, 5.74) is 9.26. The minimum absolute atomic E-state index is 0.123. The number of hydrogen-bond acceptors (Lipinski definition) is 5. The highest BCUT2D eigenvalue weighted by molar-refractivity contribution is 5.92. The van der Waals surface area contributed by atoms with E-state index in [1.807, 2.05) is 31.2 Å². The van der Waals surface area contributed by atoms with Gasteiger partial charge < -0.3 is 26.4 Å². The molecule has 0 bridgehead atoms. The Morgan fingerprint density at radius 3 is 2.38 bits per heavy atom. The predicted octanol–water partition coefficient (Wildman–Crippen LogP) is 3.36. The lowest BCUT2D eigenvalue weighted by Crippen LogP contribution is -2.53. The zero-order valence-electron chi connectivity index (χ0n) is 23.1. The zero-order chi connectivity index (χ0) is 27.9. The molecule has 5 N–H and O–H groups in total. The molecule has 4 atom stereocenters. The van der Waals surface area contributed by atoms with Crippen LogP contribution in [0.1, 0.15) is 67.7 Å². The molecule has 0 spiro atoms. The highest BCUT2D eigenvalue weighted by atomic mass is 16.3. The molecule has 1 saturated heterocycles. The Balaban J connectivity index is 1.51. The smallest absolute Gasteiger partial charge is 0.243 e. The molecule has 8 heteroatoms. The van der Waals surface area contributed by atoms with Crippen LogP contribution in [-0.4, -0.2) is 53.4 Å². The molecule has 1 aliphatic carbocycles. The number of aromatic hydroxyl groups is 1. The summed E-state index contributed by atoms with van der Waals surface area (Å²) < 4.78 is 0. The molecule has 1 aliphatic heterocycles. The van der Waals surface area contributed by atoms with E-state index in [0.29, 0.717) is 18.9 Å². The number of nitrogens with zero attached hydrogens (tertiary/aromatic N) is 1. The van der Waals surface area contributed by atoms with Crippen LogP contribution < -0.4 is 16.4 Å². The third-order valence-electron chi connectivity index (χ3n) is 8.51. The van der Waals surface area contributed by atoms with Gasteiger partial charge in [0.05, 0.1) is 0 Å². The number of aryl methyl sites for hydroxylation is 1. The fourth-order valence-corrected chi connectivity index (χ4v) is 6.28. The lowest BCUT2D eigenvalue weighted by Gasteiger charge is -2.28. The van der Waals surface area contributed by atoms with Crippen molar-refractivity contribution in [1.29, 1.82) is 0 Å². The van der Waals surface area contributed by atoms with Crippen molar-refractivity contribution in [3.63, 3.8) is 0 Å². The van der Waals surface area contributed by atoms with E-state index in [4.69, 9.17) is 5.73 Å². The van der Waals surface area contributed by atoms with Crippen LogP contribution >= 0.6 is 0 Å². The van der Waals surface area contributed by atoms with Crippen molar-refractivity contribution in [3.05, 3.63) is 65.2 Å². The van der Waals surface area contributed by atoms with Gasteiger partial charge in [-0.15, -0.1) is 0 Å². The largest absolute Gasteiger partial charge is 0.508 e. The molecular formula is C31H42N4O4. The third-order valence-corrected chi connectivity index (χ3v) is 8.51. The normalized spacial score (nSPS) is 21.3. The van der Waals surface area contributed by atoms with E-state index >= 15 is 0 Å². The van der Waals surface area contributed by atoms with Crippen molar-refractivity contribution in [2.75, 3.05) is 13.6 Å². The number of hydrogen-bond donors (Lipinski definition) is 4. The minimum Gasteiger partial charge on any atom is -0.508 e. The number of carbonyl (C=O) groups is 3. The molecule has 2 aliphatic rings. The first kappa shape index (κ1) is 28.6. The molecule has 2 fully saturated rings. The minimum atomic E-state index is -0.799. The Bertz CT molecular complexity index is 1150. The Hall–Kier alpha value is -3.39. The number of phenols is 1. The van der Waals surface area contributed by atoms with Crippen LogP contribution in [0.25, 0.3) is 0 Å². The van der Waals surface area contributed by atoms with Gasteiger partial charge in [-0.2, -0.15) is 0 Å². The molecule has 210 valence electrons. The highest BCUT2D eigenvalue weighted by Gasteiger charge is 2.43. The van der Waals surface area contributed by atoms with Gasteiger partial charge in [0.25, 0.3) is 0 Å². The summed E-state index contributed by atoms with van der Waals surface area (Å²) in [6.07, 6.45) is 6.88. The van der Waals surface area contributed by atoms with Gasteiger partial charge in [0.15, 0.2) is 0 Å². The first-order chi connectivity index (χ1) is 18.8. The number of nitrogens with two attached hydrogens (primary N) is 1. The number of amides is 3. The summed E-state index contributed by atoms with van der Waals surface area (Å²) in [5.74, 6) is 0.159. The second kappa shape index (κ2) is 13.1. The summed E-state index contributed by atoms with van der Waals surface area (Å²) in [6.45, 7) is 2.53. The van der Waals surface area contributed by atoms with Crippen LogP contribution in [-0.2, 0) is 20.8 Å². The molecular weight excluding hydrogens is 492 g/mol. The van der Waals surface area contributed by atoms with Crippen LogP contribution in [0.2, 0.25) is 0 Å². The van der Waals surface area contributed by atoms with Gasteiger partial charge in [-0.3, -0.25) is 14.4 Å². The molecule has 39 heavy (non-hydrogen) atoms. The van der Waals surface area contributed by atoms with Gasteiger partial charge in [-0.05, 0) is 54.0 Å². The van der Waals surface area contributed by atoms with Gasteiger partial charge in [0.1, 0.15) is 17.8 Å². The first-order valence-electron chi connectivity index (χ1n) is 14.2. The second-order valence-corrected chi connectivity index (χ2v) is 11.2. The fourth-order valence-electron chi connectivity index (χ4n) is 6.28. The molecule has 3 amide bonds. The molecule has 2 aromatic carbocycles. The van der Waals surface area contributed by atoms with Crippen molar-refractivity contribution in [1.82, 2.24) is 15.5 Å². The summed E-state index contributed by atoms with van der Waals surface area (Å²) in [6, 6.07) is 12.5. The number of likely N-dealkylation sites (N-methyl/N-ethyl adjacent to an activating group) is 1. The quantitative estimate of drug-likeness (QED) is 0.393. The lowest BCUT2D eigenvalue weighted by atomic mass is 9.79. The molecule has 0 radical (unpaired) electrons. The van der Waals surface area contributed by atoms with E-state index in [-0.39, 0.29) is 42.2 Å². The van der Waals surface area contributed by atoms with Gasteiger partial charge >= 0.3 is 0 Å². The summed E-state index contributed by atoms with van der Waals surface area (Å²) in [5, 5.41) is 15.2. The number of benzene rings is 2.